The van der Waals surface area contributed by atoms with Crippen molar-refractivity contribution < 1.29 is 0 Å². The Hall–Kier alpha value is -0.610. The summed E-state index contributed by atoms with van der Waals surface area (Å²) in [4.78, 5) is 0. The first-order chi connectivity index (χ1) is 10.6. The maximum absolute atomic E-state index is 3.83. The molecule has 1 aromatic carbocycles. The van der Waals surface area contributed by atoms with Gasteiger partial charge in [0, 0.05) is 0 Å². The summed E-state index contributed by atoms with van der Waals surface area (Å²) in [5.74, 6) is 0. The minimum absolute atomic E-state index is 1.08. The van der Waals surface area contributed by atoms with Crippen LogP contribution < -0.4 is 0 Å². The minimum atomic E-state index is -1.08. The van der Waals surface area contributed by atoms with Gasteiger partial charge in [0.15, 0.2) is 0 Å². The molecule has 22 heavy (non-hydrogen) atoms. The second-order valence-corrected chi connectivity index (χ2v) is 12.7. The van der Waals surface area contributed by atoms with E-state index in [4.69, 9.17) is 0 Å². The van der Waals surface area contributed by atoms with Crippen molar-refractivity contribution in [1.82, 2.24) is 0 Å². The van der Waals surface area contributed by atoms with E-state index in [-0.39, 0.29) is 0 Å². The zero-order valence-corrected chi connectivity index (χ0v) is 16.2. The van der Waals surface area contributed by atoms with Crippen LogP contribution >= 0.6 is 7.26 Å². The van der Waals surface area contributed by atoms with Crippen molar-refractivity contribution >= 4 is 13.3 Å². The van der Waals surface area contributed by atoms with E-state index >= 15 is 0 Å². The van der Waals surface area contributed by atoms with Gasteiger partial charge in [-0.25, -0.2) is 0 Å². The number of unbranched alkanes of at least 4 members (excludes halogenated alkanes) is 7. The molecule has 0 radical (unpaired) electrons. The first-order valence-electron chi connectivity index (χ1n) is 9.29. The summed E-state index contributed by atoms with van der Waals surface area (Å²) in [6.45, 7) is 11.2. The van der Waals surface area contributed by atoms with Gasteiger partial charge in [-0.05, 0) is 0 Å². The Labute approximate surface area is 139 Å². The van der Waals surface area contributed by atoms with E-state index in [9.17, 15) is 0 Å². The van der Waals surface area contributed by atoms with Crippen molar-refractivity contribution in [2.45, 2.75) is 64.5 Å². The molecule has 0 fully saturated rings. The molecule has 0 bridgehead atoms. The van der Waals surface area contributed by atoms with Gasteiger partial charge < -0.3 is 0 Å². The molecule has 0 unspecified atom stereocenters. The fraction of sp³-hybridized carbons (Fsp3) is 0.619. The second kappa shape index (κ2) is 11.0. The van der Waals surface area contributed by atoms with Crippen molar-refractivity contribution in [3.63, 3.8) is 0 Å². The topological polar surface area (TPSA) is 0 Å². The summed E-state index contributed by atoms with van der Waals surface area (Å²) in [7, 11) is -1.08. The molecule has 0 saturated heterocycles. The van der Waals surface area contributed by atoms with Crippen LogP contribution in [0.3, 0.4) is 0 Å². The fourth-order valence-corrected chi connectivity index (χ4v) is 5.87. The molecule has 0 saturated carbocycles. The molecule has 0 spiro atoms. The molecule has 1 aromatic rings. The normalized spacial score (nSPS) is 12.3. The first kappa shape index (κ1) is 19.4. The molecule has 0 aliphatic rings. The van der Waals surface area contributed by atoms with E-state index in [0.29, 0.717) is 0 Å². The Morgan fingerprint density at radius 2 is 1.41 bits per heavy atom. The number of hydrogen-bond acceptors (Lipinski definition) is 0. The Morgan fingerprint density at radius 3 is 1.95 bits per heavy atom. The third-order valence-electron chi connectivity index (χ3n) is 4.61. The van der Waals surface area contributed by atoms with Crippen molar-refractivity contribution in [1.29, 1.82) is 0 Å². The third-order valence-corrected chi connectivity index (χ3v) is 7.68. The Bertz CT molecular complexity index is 402. The quantitative estimate of drug-likeness (QED) is 0.288. The van der Waals surface area contributed by atoms with Crippen LogP contribution in [0.4, 0.5) is 0 Å². The Morgan fingerprint density at radius 1 is 0.864 bits per heavy atom. The summed E-state index contributed by atoms with van der Waals surface area (Å²) in [5.41, 5.74) is 2.74. The Kier molecular flexibility index (Phi) is 9.73. The van der Waals surface area contributed by atoms with Crippen molar-refractivity contribution in [3.05, 3.63) is 42.0 Å². The number of hydrogen-bond donors (Lipinski definition) is 0. The van der Waals surface area contributed by atoms with Crippen LogP contribution in [0.15, 0.2) is 30.8 Å². The van der Waals surface area contributed by atoms with Gasteiger partial charge in [-0.2, -0.15) is 0 Å². The van der Waals surface area contributed by atoms with Gasteiger partial charge in [0.25, 0.3) is 0 Å². The molecule has 0 aliphatic carbocycles. The van der Waals surface area contributed by atoms with Gasteiger partial charge >= 0.3 is 139 Å². The predicted octanol–water partition coefficient (Wildman–Crippen LogP) is 6.98. The van der Waals surface area contributed by atoms with E-state index in [1.807, 2.05) is 6.08 Å². The molecule has 1 rings (SSSR count). The molecule has 1 heteroatoms. The molecule has 126 valence electrons. The molecule has 0 N–H and O–H groups in total. The summed E-state index contributed by atoms with van der Waals surface area (Å²) >= 11 is 0. The van der Waals surface area contributed by atoms with E-state index in [2.05, 4.69) is 51.1 Å². The van der Waals surface area contributed by atoms with Crippen LogP contribution in [0.5, 0.6) is 0 Å². The Balaban J connectivity index is 2.18. The third kappa shape index (κ3) is 8.74. The number of benzene rings is 1. The second-order valence-electron chi connectivity index (χ2n) is 7.51. The van der Waals surface area contributed by atoms with Gasteiger partial charge in [-0.1, -0.05) is 0 Å². The zero-order valence-electron chi connectivity index (χ0n) is 15.2. The van der Waals surface area contributed by atoms with Crippen LogP contribution in [-0.2, 0) is 6.16 Å². The molecule has 0 nitrogen and oxygen atoms in total. The van der Waals surface area contributed by atoms with E-state index in [1.165, 1.54) is 74.8 Å². The number of rotatable bonds is 12. The van der Waals surface area contributed by atoms with Crippen LogP contribution in [-0.4, -0.2) is 19.5 Å². The molecule has 0 amide bonds. The van der Waals surface area contributed by atoms with Crippen LogP contribution in [0.1, 0.15) is 69.4 Å². The van der Waals surface area contributed by atoms with Gasteiger partial charge in [-0.3, -0.25) is 0 Å². The average Bonchev–Trinajstić information content (AvgIpc) is 2.50. The van der Waals surface area contributed by atoms with Crippen LogP contribution in [0.2, 0.25) is 0 Å². The molecule has 0 aliphatic heterocycles. The SMILES string of the molecule is C=Cc1ccc(C[PH](C)(C)CCCCCCCCCC)cc1. The molecule has 0 heterocycles. The summed E-state index contributed by atoms with van der Waals surface area (Å²) in [6, 6.07) is 8.98. The summed E-state index contributed by atoms with van der Waals surface area (Å²) < 4.78 is 0. The van der Waals surface area contributed by atoms with Crippen molar-refractivity contribution in [3.8, 4) is 0 Å². The monoisotopic (exact) mass is 320 g/mol. The summed E-state index contributed by atoms with van der Waals surface area (Å²) in [5, 5.41) is 0. The van der Waals surface area contributed by atoms with Crippen LogP contribution in [0.25, 0.3) is 6.08 Å². The standard InChI is InChI=1S/C21H37P/c1-5-7-8-9-10-11-12-13-18-22(3,4)19-21-16-14-20(6-2)15-17-21/h6,14-17,22H,2,5,7-13,18-19H2,1,3-4H3. The maximum atomic E-state index is 3.83. The van der Waals surface area contributed by atoms with Crippen LogP contribution in [0, 0.1) is 0 Å². The van der Waals surface area contributed by atoms with E-state index in [0.717, 1.165) is 0 Å². The van der Waals surface area contributed by atoms with Gasteiger partial charge in [0.1, 0.15) is 0 Å². The summed E-state index contributed by atoms with van der Waals surface area (Å²) in [6.07, 6.45) is 16.2. The average molecular weight is 321 g/mol. The van der Waals surface area contributed by atoms with E-state index in [1.54, 1.807) is 0 Å². The van der Waals surface area contributed by atoms with Gasteiger partial charge in [0.05, 0.1) is 0 Å². The molecule has 0 aromatic heterocycles. The zero-order chi connectivity index (χ0) is 16.3. The van der Waals surface area contributed by atoms with E-state index < -0.39 is 7.26 Å². The molecule has 0 atom stereocenters. The first-order valence-corrected chi connectivity index (χ1v) is 12.7. The van der Waals surface area contributed by atoms with Crippen molar-refractivity contribution in [2.24, 2.45) is 0 Å². The van der Waals surface area contributed by atoms with Crippen molar-refractivity contribution in [2.75, 3.05) is 19.5 Å². The van der Waals surface area contributed by atoms with Gasteiger partial charge in [0.2, 0.25) is 0 Å². The van der Waals surface area contributed by atoms with Gasteiger partial charge in [-0.15, -0.1) is 0 Å². The fourth-order valence-electron chi connectivity index (χ4n) is 3.15. The molecular weight excluding hydrogens is 283 g/mol. The predicted molar refractivity (Wildman–Crippen MR) is 108 cm³/mol. The molecular formula is C21H37P.